The first-order chi connectivity index (χ1) is 5.83. The number of carbonyl (C=O) groups excluding carboxylic acids is 1. The van der Waals surface area contributed by atoms with Crippen LogP contribution in [0.3, 0.4) is 0 Å². The van der Waals surface area contributed by atoms with E-state index in [1.807, 2.05) is 0 Å². The van der Waals surface area contributed by atoms with Crippen LogP contribution >= 0.6 is 0 Å². The predicted molar refractivity (Wildman–Crippen MR) is 41.7 cm³/mol. The molecule has 0 unspecified atom stereocenters. The predicted octanol–water partition coefficient (Wildman–Crippen LogP) is -0.318. The molecule has 1 spiro atoms. The summed E-state index contributed by atoms with van der Waals surface area (Å²) < 4.78 is 10.2. The number of nitrogens with one attached hydrogen (secondary N) is 1. The van der Waals surface area contributed by atoms with Crippen molar-refractivity contribution in [3.05, 3.63) is 0 Å². The maximum Gasteiger partial charge on any atom is 0.326 e. The number of hydrogen-bond acceptors (Lipinski definition) is 4. The number of morpholine rings is 1. The fourth-order valence-corrected chi connectivity index (χ4v) is 1.75. The second kappa shape index (κ2) is 3.03. The van der Waals surface area contributed by atoms with Crippen LogP contribution in [0.15, 0.2) is 0 Å². The topological polar surface area (TPSA) is 47.6 Å². The van der Waals surface area contributed by atoms with Crippen molar-refractivity contribution >= 4 is 5.97 Å². The molecule has 0 atom stereocenters. The summed E-state index contributed by atoms with van der Waals surface area (Å²) in [6.45, 7) is 2.58. The fourth-order valence-electron chi connectivity index (χ4n) is 1.75. The van der Waals surface area contributed by atoms with Crippen LogP contribution in [0.1, 0.15) is 12.8 Å². The molecule has 0 saturated carbocycles. The van der Waals surface area contributed by atoms with E-state index in [9.17, 15) is 4.79 Å². The van der Waals surface area contributed by atoms with Crippen molar-refractivity contribution in [3.63, 3.8) is 0 Å². The Morgan fingerprint density at radius 2 is 2.00 bits per heavy atom. The molecule has 0 bridgehead atoms. The molecule has 1 N–H and O–H groups in total. The van der Waals surface area contributed by atoms with E-state index in [1.54, 1.807) is 0 Å². The largest absolute Gasteiger partial charge is 0.463 e. The molecular formula is C8H13NO3. The summed E-state index contributed by atoms with van der Waals surface area (Å²) in [5.74, 6) is -0.1000. The summed E-state index contributed by atoms with van der Waals surface area (Å²) in [5.41, 5.74) is -0.420. The van der Waals surface area contributed by atoms with E-state index in [4.69, 9.17) is 9.47 Å². The van der Waals surface area contributed by atoms with Gasteiger partial charge in [-0.1, -0.05) is 0 Å². The highest BCUT2D eigenvalue weighted by Crippen LogP contribution is 2.23. The SMILES string of the molecule is O=C1OCCNC12CCOCC2. The standard InChI is InChI=1S/C8H13NO3/c10-7-8(9-3-6-12-7)1-4-11-5-2-8/h9H,1-6H2. The molecule has 2 aliphatic rings. The molecule has 2 fully saturated rings. The molecule has 4 heteroatoms. The Bertz CT molecular complexity index is 178. The fraction of sp³-hybridized carbons (Fsp3) is 0.875. The van der Waals surface area contributed by atoms with Crippen LogP contribution in [0.5, 0.6) is 0 Å². The van der Waals surface area contributed by atoms with Crippen LogP contribution in [0, 0.1) is 0 Å². The van der Waals surface area contributed by atoms with Gasteiger partial charge in [0.1, 0.15) is 12.1 Å². The first-order valence-electron chi connectivity index (χ1n) is 4.33. The van der Waals surface area contributed by atoms with E-state index in [-0.39, 0.29) is 5.97 Å². The molecular weight excluding hydrogens is 158 g/mol. The Balaban J connectivity index is 2.09. The van der Waals surface area contributed by atoms with Gasteiger partial charge in [-0.2, -0.15) is 0 Å². The van der Waals surface area contributed by atoms with Crippen molar-refractivity contribution in [2.45, 2.75) is 18.4 Å². The number of ether oxygens (including phenoxy) is 2. The average Bonchev–Trinajstić information content (AvgIpc) is 2.12. The zero-order valence-electron chi connectivity index (χ0n) is 6.97. The van der Waals surface area contributed by atoms with Crippen LogP contribution in [0.4, 0.5) is 0 Å². The van der Waals surface area contributed by atoms with Crippen molar-refractivity contribution in [3.8, 4) is 0 Å². The number of cyclic esters (lactones) is 1. The maximum absolute atomic E-state index is 11.4. The van der Waals surface area contributed by atoms with Crippen LogP contribution in [-0.2, 0) is 14.3 Å². The number of esters is 1. The summed E-state index contributed by atoms with van der Waals surface area (Å²) in [7, 11) is 0. The molecule has 0 aliphatic carbocycles. The first-order valence-corrected chi connectivity index (χ1v) is 4.33. The van der Waals surface area contributed by atoms with E-state index in [1.165, 1.54) is 0 Å². The molecule has 2 heterocycles. The minimum Gasteiger partial charge on any atom is -0.463 e. The molecule has 0 aromatic heterocycles. The van der Waals surface area contributed by atoms with E-state index in [2.05, 4.69) is 5.32 Å². The van der Waals surface area contributed by atoms with Crippen molar-refractivity contribution in [2.75, 3.05) is 26.4 Å². The Kier molecular flexibility index (Phi) is 2.02. The second-order valence-corrected chi connectivity index (χ2v) is 3.26. The Hall–Kier alpha value is -0.610. The summed E-state index contributed by atoms with van der Waals surface area (Å²) in [4.78, 5) is 11.4. The zero-order chi connectivity index (χ0) is 8.44. The lowest BCUT2D eigenvalue weighted by Gasteiger charge is -2.38. The summed E-state index contributed by atoms with van der Waals surface area (Å²) in [6, 6.07) is 0. The zero-order valence-corrected chi connectivity index (χ0v) is 6.97. The van der Waals surface area contributed by atoms with Crippen LogP contribution < -0.4 is 5.32 Å². The van der Waals surface area contributed by atoms with Gasteiger partial charge in [-0.25, -0.2) is 0 Å². The third-order valence-electron chi connectivity index (χ3n) is 2.54. The highest BCUT2D eigenvalue weighted by Gasteiger charge is 2.42. The van der Waals surface area contributed by atoms with E-state index in [0.29, 0.717) is 19.8 Å². The average molecular weight is 171 g/mol. The Morgan fingerprint density at radius 3 is 2.67 bits per heavy atom. The normalized spacial score (nSPS) is 28.5. The third kappa shape index (κ3) is 1.21. The monoisotopic (exact) mass is 171 g/mol. The van der Waals surface area contributed by atoms with E-state index < -0.39 is 5.54 Å². The lowest BCUT2D eigenvalue weighted by molar-refractivity contribution is -0.161. The molecule has 0 aromatic carbocycles. The molecule has 68 valence electrons. The number of carbonyl (C=O) groups is 1. The van der Waals surface area contributed by atoms with Crippen LogP contribution in [-0.4, -0.2) is 37.9 Å². The molecule has 0 radical (unpaired) electrons. The van der Waals surface area contributed by atoms with Gasteiger partial charge in [0.15, 0.2) is 0 Å². The van der Waals surface area contributed by atoms with Crippen molar-refractivity contribution in [1.82, 2.24) is 5.32 Å². The van der Waals surface area contributed by atoms with Crippen LogP contribution in [0.25, 0.3) is 0 Å². The molecule has 2 aliphatic heterocycles. The van der Waals surface area contributed by atoms with Crippen molar-refractivity contribution < 1.29 is 14.3 Å². The van der Waals surface area contributed by atoms with Gasteiger partial charge in [-0.15, -0.1) is 0 Å². The highest BCUT2D eigenvalue weighted by atomic mass is 16.5. The van der Waals surface area contributed by atoms with E-state index >= 15 is 0 Å². The van der Waals surface area contributed by atoms with Crippen LogP contribution in [0.2, 0.25) is 0 Å². The summed E-state index contributed by atoms with van der Waals surface area (Å²) in [5, 5.41) is 3.23. The molecule has 0 aromatic rings. The van der Waals surface area contributed by atoms with Gasteiger partial charge < -0.3 is 9.47 Å². The van der Waals surface area contributed by atoms with Gasteiger partial charge in [-0.3, -0.25) is 10.1 Å². The smallest absolute Gasteiger partial charge is 0.326 e. The molecule has 2 saturated heterocycles. The van der Waals surface area contributed by atoms with Gasteiger partial charge in [-0.05, 0) is 12.8 Å². The van der Waals surface area contributed by atoms with Gasteiger partial charge in [0, 0.05) is 19.8 Å². The molecule has 0 amide bonds. The van der Waals surface area contributed by atoms with Crippen molar-refractivity contribution in [1.29, 1.82) is 0 Å². The highest BCUT2D eigenvalue weighted by molar-refractivity contribution is 5.81. The second-order valence-electron chi connectivity index (χ2n) is 3.26. The third-order valence-corrected chi connectivity index (χ3v) is 2.54. The lowest BCUT2D eigenvalue weighted by atomic mass is 9.89. The maximum atomic E-state index is 11.4. The van der Waals surface area contributed by atoms with E-state index in [0.717, 1.165) is 19.4 Å². The summed E-state index contributed by atoms with van der Waals surface area (Å²) in [6.07, 6.45) is 1.48. The lowest BCUT2D eigenvalue weighted by Crippen LogP contribution is -2.60. The van der Waals surface area contributed by atoms with Gasteiger partial charge in [0.05, 0.1) is 0 Å². The minimum absolute atomic E-state index is 0.1000. The molecule has 12 heavy (non-hydrogen) atoms. The molecule has 2 rings (SSSR count). The van der Waals surface area contributed by atoms with Gasteiger partial charge in [0.25, 0.3) is 0 Å². The molecule has 4 nitrogen and oxygen atoms in total. The first kappa shape index (κ1) is 8.01. The van der Waals surface area contributed by atoms with Gasteiger partial charge >= 0.3 is 5.97 Å². The minimum atomic E-state index is -0.420. The number of hydrogen-bond donors (Lipinski definition) is 1. The quantitative estimate of drug-likeness (QED) is 0.507. The van der Waals surface area contributed by atoms with Crippen molar-refractivity contribution in [2.24, 2.45) is 0 Å². The summed E-state index contributed by atoms with van der Waals surface area (Å²) >= 11 is 0. The Labute approximate surface area is 71.2 Å². The van der Waals surface area contributed by atoms with Gasteiger partial charge in [0.2, 0.25) is 0 Å². The Morgan fingerprint density at radius 1 is 1.25 bits per heavy atom. The number of rotatable bonds is 0.